The number of aliphatic hydroxyl groups excluding tert-OH is 1. The Bertz CT molecular complexity index is 2300. The summed E-state index contributed by atoms with van der Waals surface area (Å²) in [6.45, 7) is 7.59. The number of likely N-dealkylation sites (tertiary alicyclic amines) is 2. The molecule has 3 aliphatic heterocycles. The van der Waals surface area contributed by atoms with Gasteiger partial charge < -0.3 is 24.8 Å². The molecule has 3 aliphatic rings. The Kier molecular flexibility index (Phi) is 14.1. The zero-order valence-corrected chi connectivity index (χ0v) is 35.8. The van der Waals surface area contributed by atoms with Gasteiger partial charge in [0, 0.05) is 37.7 Å². The molecule has 5 unspecified atom stereocenters. The monoisotopic (exact) mass is 842 g/mol. The summed E-state index contributed by atoms with van der Waals surface area (Å²) in [5, 5.41) is 12.7. The highest BCUT2D eigenvalue weighted by atomic mass is 32.2. The molecule has 3 saturated heterocycles. The second-order valence-electron chi connectivity index (χ2n) is 16.8. The molecule has 11 heteroatoms. The van der Waals surface area contributed by atoms with Crippen LogP contribution in [-0.2, 0) is 43.9 Å². The van der Waals surface area contributed by atoms with Crippen LogP contribution in [0.25, 0.3) is 11.1 Å². The summed E-state index contributed by atoms with van der Waals surface area (Å²) in [6.07, 6.45) is 5.24. The highest BCUT2D eigenvalue weighted by molar-refractivity contribution is 7.89. The van der Waals surface area contributed by atoms with Crippen LogP contribution >= 0.6 is 0 Å². The maximum Gasteiger partial charge on any atom is 0.241 e. The van der Waals surface area contributed by atoms with Gasteiger partial charge in [-0.05, 0) is 104 Å². The number of ether oxygens (including phenoxy) is 2. The zero-order chi connectivity index (χ0) is 42.2. The lowest BCUT2D eigenvalue weighted by Crippen LogP contribution is -2.47. The van der Waals surface area contributed by atoms with Gasteiger partial charge in [-0.3, -0.25) is 9.69 Å². The van der Waals surface area contributed by atoms with Crippen LogP contribution < -0.4 is 10.0 Å². The molecule has 1 amide bonds. The van der Waals surface area contributed by atoms with Crippen molar-refractivity contribution in [1.82, 2.24) is 19.8 Å². The van der Waals surface area contributed by atoms with E-state index in [1.807, 2.05) is 73.7 Å². The summed E-state index contributed by atoms with van der Waals surface area (Å²) in [5.41, 5.74) is 7.49. The predicted molar refractivity (Wildman–Crippen MR) is 238 cm³/mol. The van der Waals surface area contributed by atoms with Gasteiger partial charge in [0.05, 0.1) is 23.7 Å². The van der Waals surface area contributed by atoms with Crippen molar-refractivity contribution < 1.29 is 27.8 Å². The van der Waals surface area contributed by atoms with E-state index in [1.165, 1.54) is 38.8 Å². The predicted octanol–water partition coefficient (Wildman–Crippen LogP) is 7.47. The summed E-state index contributed by atoms with van der Waals surface area (Å²) in [4.78, 5) is 19.2. The quantitative estimate of drug-likeness (QED) is 0.0937. The summed E-state index contributed by atoms with van der Waals surface area (Å²) >= 11 is 0. The lowest BCUT2D eigenvalue weighted by Gasteiger charge is -2.39. The van der Waals surface area contributed by atoms with Crippen molar-refractivity contribution in [2.45, 2.75) is 94.1 Å². The number of hydrogen-bond acceptors (Lipinski definition) is 8. The molecule has 5 atom stereocenters. The molecular weight excluding hydrogens is 785 g/mol. The number of hydrogen-bond donors (Lipinski definition) is 3. The molecule has 0 radical (unpaired) electrons. The average Bonchev–Trinajstić information content (AvgIpc) is 3.98. The van der Waals surface area contributed by atoms with Gasteiger partial charge in [0.25, 0.3) is 0 Å². The molecule has 0 saturated carbocycles. The number of nitrogens with one attached hydrogen (secondary N) is 2. The van der Waals surface area contributed by atoms with E-state index in [-0.39, 0.29) is 36.7 Å². The number of nitrogens with zero attached hydrogens (tertiary/aromatic N) is 2. The van der Waals surface area contributed by atoms with Gasteiger partial charge in [-0.2, -0.15) is 4.72 Å². The van der Waals surface area contributed by atoms with E-state index in [0.717, 1.165) is 70.6 Å². The lowest BCUT2D eigenvalue weighted by molar-refractivity contribution is -0.253. The molecule has 0 bridgehead atoms. The van der Waals surface area contributed by atoms with Crippen molar-refractivity contribution in [2.24, 2.45) is 0 Å². The Morgan fingerprint density at radius 2 is 1.48 bits per heavy atom. The van der Waals surface area contributed by atoms with Gasteiger partial charge in [0.1, 0.15) is 6.04 Å². The topological polar surface area (TPSA) is 120 Å². The largest absolute Gasteiger partial charge is 0.392 e. The highest BCUT2D eigenvalue weighted by Crippen LogP contribution is 2.39. The van der Waals surface area contributed by atoms with E-state index in [2.05, 4.69) is 56.2 Å². The number of carbonyl (C=O) groups excluding carboxylic acids is 1. The molecule has 0 aromatic heterocycles. The van der Waals surface area contributed by atoms with Crippen LogP contribution in [0.4, 0.5) is 0 Å². The Labute approximate surface area is 361 Å². The number of benzene rings is 5. The molecule has 5 aromatic rings. The fraction of sp³-hybridized carbons (Fsp3) is 0.380. The molecule has 0 spiro atoms. The maximum absolute atomic E-state index is 13.9. The minimum absolute atomic E-state index is 0.000222. The second kappa shape index (κ2) is 20.0. The second-order valence-corrected chi connectivity index (χ2v) is 18.5. The molecule has 10 nitrogen and oxygen atoms in total. The minimum Gasteiger partial charge on any atom is -0.392 e. The van der Waals surface area contributed by atoms with E-state index < -0.39 is 28.3 Å². The normalized spacial score (nSPS) is 21.7. The van der Waals surface area contributed by atoms with Crippen LogP contribution in [0, 0.1) is 6.92 Å². The smallest absolute Gasteiger partial charge is 0.241 e. The Balaban J connectivity index is 0.972. The van der Waals surface area contributed by atoms with Crippen molar-refractivity contribution in [3.63, 3.8) is 0 Å². The molecule has 8 rings (SSSR count). The first-order chi connectivity index (χ1) is 29.7. The van der Waals surface area contributed by atoms with Crippen LogP contribution in [0.5, 0.6) is 0 Å². The van der Waals surface area contributed by atoms with Crippen LogP contribution in [0.3, 0.4) is 0 Å². The number of carbonyl (C=O) groups is 1. The third-order valence-electron chi connectivity index (χ3n) is 12.4. The van der Waals surface area contributed by atoms with E-state index in [0.29, 0.717) is 6.04 Å². The van der Waals surface area contributed by atoms with Crippen molar-refractivity contribution >= 4 is 15.9 Å². The molecular formula is C50H58N4O6S. The molecule has 61 heavy (non-hydrogen) atoms. The van der Waals surface area contributed by atoms with E-state index in [9.17, 15) is 18.3 Å². The van der Waals surface area contributed by atoms with Crippen molar-refractivity contribution in [2.75, 3.05) is 32.7 Å². The summed E-state index contributed by atoms with van der Waals surface area (Å²) < 4.78 is 43.1. The Hall–Kier alpha value is -4.72. The summed E-state index contributed by atoms with van der Waals surface area (Å²) in [6, 6.07) is 39.7. The van der Waals surface area contributed by atoms with Crippen molar-refractivity contribution in [1.29, 1.82) is 0 Å². The minimum atomic E-state index is -3.97. The SMILES string of the molecule is Cc1ccc(S(=O)(=O)NC(Cc2ccccc2)C(=O)NCc2ccccc2-c2ccc(C3OC(CN4CCCC4CN4CCCC4)CC(c4ccc(CO)cc4)O3)cc2)cc1. The molecule has 320 valence electrons. The lowest BCUT2D eigenvalue weighted by atomic mass is 9.97. The van der Waals surface area contributed by atoms with Crippen LogP contribution in [0.2, 0.25) is 0 Å². The Morgan fingerprint density at radius 3 is 2.21 bits per heavy atom. The van der Waals surface area contributed by atoms with E-state index in [1.54, 1.807) is 24.3 Å². The fourth-order valence-corrected chi connectivity index (χ4v) is 10.2. The van der Waals surface area contributed by atoms with Gasteiger partial charge in [0.2, 0.25) is 15.9 Å². The average molecular weight is 843 g/mol. The third-order valence-corrected chi connectivity index (χ3v) is 13.9. The molecule has 0 aliphatic carbocycles. The zero-order valence-electron chi connectivity index (χ0n) is 35.0. The fourth-order valence-electron chi connectivity index (χ4n) is 8.99. The number of aliphatic hydroxyl groups is 1. The first kappa shape index (κ1) is 42.9. The van der Waals surface area contributed by atoms with E-state index >= 15 is 0 Å². The van der Waals surface area contributed by atoms with Crippen LogP contribution in [0.15, 0.2) is 132 Å². The van der Waals surface area contributed by atoms with Gasteiger partial charge in [-0.15, -0.1) is 0 Å². The standard InChI is InChI=1S/C50H58N4O6S/c1-36-15-25-45(26-16-36)61(57,58)52-47(30-37-10-3-2-4-11-37)49(56)51-32-42-12-5-6-14-46(42)39-21-23-41(24-22-39)50-59-44(31-48(60-50)40-19-17-38(35-55)18-20-40)34-54-29-9-13-43(54)33-53-27-7-8-28-53/h2-6,10-12,14-26,43-44,47-48,50,52,55H,7-9,13,27-35H2,1H3,(H,51,56). The Morgan fingerprint density at radius 1 is 0.770 bits per heavy atom. The van der Waals surface area contributed by atoms with Gasteiger partial charge >= 0.3 is 0 Å². The van der Waals surface area contributed by atoms with Crippen LogP contribution in [0.1, 0.15) is 77.9 Å². The molecule has 3 fully saturated rings. The first-order valence-corrected chi connectivity index (χ1v) is 23.2. The van der Waals surface area contributed by atoms with Gasteiger partial charge in [-0.1, -0.05) is 121 Å². The summed E-state index contributed by atoms with van der Waals surface area (Å²) in [5.74, 6) is -0.414. The van der Waals surface area contributed by atoms with E-state index in [4.69, 9.17) is 9.47 Å². The van der Waals surface area contributed by atoms with Crippen molar-refractivity contribution in [3.05, 3.63) is 161 Å². The number of sulfonamides is 1. The highest BCUT2D eigenvalue weighted by Gasteiger charge is 2.36. The van der Waals surface area contributed by atoms with Crippen LogP contribution in [-0.4, -0.2) is 80.1 Å². The van der Waals surface area contributed by atoms with Crippen molar-refractivity contribution in [3.8, 4) is 11.1 Å². The molecule has 3 N–H and O–H groups in total. The number of aryl methyl sites for hydroxylation is 1. The molecule has 3 heterocycles. The van der Waals surface area contributed by atoms with Gasteiger partial charge in [-0.25, -0.2) is 8.42 Å². The first-order valence-electron chi connectivity index (χ1n) is 21.8. The molecule has 5 aromatic carbocycles. The van der Waals surface area contributed by atoms with Gasteiger partial charge in [0.15, 0.2) is 6.29 Å². The third kappa shape index (κ3) is 11.0. The maximum atomic E-state index is 13.9. The summed E-state index contributed by atoms with van der Waals surface area (Å²) in [7, 11) is -3.97. The number of rotatable bonds is 16. The number of amides is 1.